The van der Waals surface area contributed by atoms with Crippen LogP contribution in [0.15, 0.2) is 30.6 Å². The molecule has 0 bridgehead atoms. The minimum atomic E-state index is -4.38. The topological polar surface area (TPSA) is 69.6 Å². The zero-order chi connectivity index (χ0) is 18.4. The van der Waals surface area contributed by atoms with Gasteiger partial charge in [-0.3, -0.25) is 0 Å². The number of nitrogen functional groups attached to an aromatic ring is 1. The Kier molecular flexibility index (Phi) is 3.93. The van der Waals surface area contributed by atoms with E-state index in [4.69, 9.17) is 5.73 Å². The largest absolute Gasteiger partial charge is 0.416 e. The number of anilines is 1. The molecule has 3 rings (SSSR count). The molecule has 0 saturated carbocycles. The van der Waals surface area contributed by atoms with Crippen LogP contribution in [-0.2, 0) is 18.1 Å². The molecule has 0 aliphatic rings. The number of nitrogens with two attached hydrogens (primary N) is 1. The second-order valence-electron chi connectivity index (χ2n) is 6.86. The van der Waals surface area contributed by atoms with E-state index in [0.29, 0.717) is 22.3 Å². The standard InChI is InChI=1S/C17H18F3N5/c1-16(2,3)25-15-13(14(21)22-9-23-15)12(24-25)8-10-5-4-6-11(7-10)17(18,19)20/h4-7,9H,8H2,1-3H3,(H2,21,22,23). The highest BCUT2D eigenvalue weighted by Crippen LogP contribution is 2.31. The first kappa shape index (κ1) is 17.2. The average molecular weight is 349 g/mol. The van der Waals surface area contributed by atoms with Gasteiger partial charge in [0.1, 0.15) is 12.1 Å². The van der Waals surface area contributed by atoms with Crippen LogP contribution in [-0.4, -0.2) is 19.7 Å². The van der Waals surface area contributed by atoms with Crippen molar-refractivity contribution in [1.29, 1.82) is 0 Å². The summed E-state index contributed by atoms with van der Waals surface area (Å²) in [5.41, 5.74) is 6.57. The van der Waals surface area contributed by atoms with Gasteiger partial charge in [-0.1, -0.05) is 18.2 Å². The van der Waals surface area contributed by atoms with Crippen LogP contribution in [0.4, 0.5) is 19.0 Å². The van der Waals surface area contributed by atoms with Gasteiger partial charge in [0.15, 0.2) is 5.65 Å². The maximum absolute atomic E-state index is 12.9. The zero-order valence-electron chi connectivity index (χ0n) is 14.1. The van der Waals surface area contributed by atoms with E-state index < -0.39 is 11.7 Å². The molecular weight excluding hydrogens is 331 g/mol. The number of aromatic nitrogens is 4. The number of rotatable bonds is 2. The van der Waals surface area contributed by atoms with E-state index in [-0.39, 0.29) is 17.8 Å². The molecule has 3 aromatic rings. The summed E-state index contributed by atoms with van der Waals surface area (Å²) in [5, 5.41) is 5.14. The van der Waals surface area contributed by atoms with E-state index >= 15 is 0 Å². The van der Waals surface area contributed by atoms with Crippen molar-refractivity contribution in [3.8, 4) is 0 Å². The summed E-state index contributed by atoms with van der Waals surface area (Å²) in [7, 11) is 0. The summed E-state index contributed by atoms with van der Waals surface area (Å²) < 4.78 is 40.5. The quantitative estimate of drug-likeness (QED) is 0.764. The van der Waals surface area contributed by atoms with Crippen molar-refractivity contribution in [3.63, 3.8) is 0 Å². The van der Waals surface area contributed by atoms with Gasteiger partial charge in [-0.15, -0.1) is 0 Å². The van der Waals surface area contributed by atoms with E-state index in [1.165, 1.54) is 12.4 Å². The molecule has 2 aromatic heterocycles. The van der Waals surface area contributed by atoms with Gasteiger partial charge in [0, 0.05) is 6.42 Å². The van der Waals surface area contributed by atoms with E-state index in [1.807, 2.05) is 20.8 Å². The third-order valence-corrected chi connectivity index (χ3v) is 3.83. The molecule has 0 atom stereocenters. The summed E-state index contributed by atoms with van der Waals surface area (Å²) in [4.78, 5) is 8.25. The molecule has 0 spiro atoms. The Morgan fingerprint density at radius 2 is 1.84 bits per heavy atom. The van der Waals surface area contributed by atoms with Gasteiger partial charge < -0.3 is 5.73 Å². The molecule has 0 amide bonds. The molecule has 0 radical (unpaired) electrons. The third kappa shape index (κ3) is 3.29. The molecule has 0 aliphatic heterocycles. The number of fused-ring (bicyclic) bond motifs is 1. The van der Waals surface area contributed by atoms with Crippen molar-refractivity contribution in [2.45, 2.75) is 38.9 Å². The van der Waals surface area contributed by atoms with Crippen LogP contribution in [0.2, 0.25) is 0 Å². The second kappa shape index (κ2) is 5.72. The van der Waals surface area contributed by atoms with Crippen LogP contribution >= 0.6 is 0 Å². The van der Waals surface area contributed by atoms with Crippen LogP contribution in [0.25, 0.3) is 11.0 Å². The van der Waals surface area contributed by atoms with Crippen molar-refractivity contribution in [1.82, 2.24) is 19.7 Å². The van der Waals surface area contributed by atoms with Crippen LogP contribution in [0.3, 0.4) is 0 Å². The Labute approximate surface area is 142 Å². The van der Waals surface area contributed by atoms with Gasteiger partial charge in [-0.05, 0) is 32.4 Å². The first-order valence-electron chi connectivity index (χ1n) is 7.72. The van der Waals surface area contributed by atoms with E-state index in [0.717, 1.165) is 12.1 Å². The lowest BCUT2D eigenvalue weighted by Gasteiger charge is -2.19. The number of nitrogens with zero attached hydrogens (tertiary/aromatic N) is 4. The van der Waals surface area contributed by atoms with Crippen LogP contribution < -0.4 is 5.73 Å². The van der Waals surface area contributed by atoms with Gasteiger partial charge in [-0.2, -0.15) is 18.3 Å². The molecule has 2 heterocycles. The normalized spacial score (nSPS) is 12.7. The zero-order valence-corrected chi connectivity index (χ0v) is 14.1. The minimum Gasteiger partial charge on any atom is -0.383 e. The van der Waals surface area contributed by atoms with Crippen LogP contribution in [0.5, 0.6) is 0 Å². The monoisotopic (exact) mass is 349 g/mol. The molecule has 0 unspecified atom stereocenters. The highest BCUT2D eigenvalue weighted by atomic mass is 19.4. The molecule has 1 aromatic carbocycles. The molecule has 0 aliphatic carbocycles. The van der Waals surface area contributed by atoms with Gasteiger partial charge in [0.05, 0.1) is 22.2 Å². The summed E-state index contributed by atoms with van der Waals surface area (Å²) in [5.74, 6) is 0.266. The SMILES string of the molecule is CC(C)(C)n1nc(Cc2cccc(C(F)(F)F)c2)c2c(N)ncnc21. The lowest BCUT2D eigenvalue weighted by molar-refractivity contribution is -0.137. The predicted molar refractivity (Wildman–Crippen MR) is 89.0 cm³/mol. The predicted octanol–water partition coefficient (Wildman–Crippen LogP) is 3.77. The summed E-state index contributed by atoms with van der Waals surface area (Å²) in [6.45, 7) is 5.89. The summed E-state index contributed by atoms with van der Waals surface area (Å²) in [6, 6.07) is 5.20. The van der Waals surface area contributed by atoms with Crippen molar-refractivity contribution in [2.75, 3.05) is 5.73 Å². The number of hydrogen-bond donors (Lipinski definition) is 1. The molecule has 8 heteroatoms. The first-order valence-corrected chi connectivity index (χ1v) is 7.72. The number of alkyl halides is 3. The fourth-order valence-electron chi connectivity index (χ4n) is 2.69. The van der Waals surface area contributed by atoms with Crippen molar-refractivity contribution >= 4 is 16.9 Å². The smallest absolute Gasteiger partial charge is 0.383 e. The second-order valence-corrected chi connectivity index (χ2v) is 6.86. The highest BCUT2D eigenvalue weighted by Gasteiger charge is 2.30. The number of hydrogen-bond acceptors (Lipinski definition) is 4. The fourth-order valence-corrected chi connectivity index (χ4v) is 2.69. The molecule has 132 valence electrons. The van der Waals surface area contributed by atoms with E-state index in [2.05, 4.69) is 15.1 Å². The Hall–Kier alpha value is -2.64. The maximum atomic E-state index is 12.9. The lowest BCUT2D eigenvalue weighted by atomic mass is 10.0. The van der Waals surface area contributed by atoms with Crippen molar-refractivity contribution < 1.29 is 13.2 Å². The van der Waals surface area contributed by atoms with E-state index in [1.54, 1.807) is 10.7 Å². The average Bonchev–Trinajstić information content (AvgIpc) is 2.87. The number of benzene rings is 1. The van der Waals surface area contributed by atoms with Crippen molar-refractivity contribution in [3.05, 3.63) is 47.4 Å². The van der Waals surface area contributed by atoms with Crippen molar-refractivity contribution in [2.24, 2.45) is 0 Å². The Morgan fingerprint density at radius 3 is 2.48 bits per heavy atom. The van der Waals surface area contributed by atoms with Crippen LogP contribution in [0.1, 0.15) is 37.6 Å². The lowest BCUT2D eigenvalue weighted by Crippen LogP contribution is -2.23. The van der Waals surface area contributed by atoms with Gasteiger partial charge in [-0.25, -0.2) is 14.6 Å². The summed E-state index contributed by atoms with van der Waals surface area (Å²) in [6.07, 6.45) is -2.82. The van der Waals surface area contributed by atoms with Gasteiger partial charge in [0.25, 0.3) is 0 Å². The van der Waals surface area contributed by atoms with Crippen LogP contribution in [0, 0.1) is 0 Å². The van der Waals surface area contributed by atoms with Gasteiger partial charge in [0.2, 0.25) is 0 Å². The third-order valence-electron chi connectivity index (χ3n) is 3.83. The summed E-state index contributed by atoms with van der Waals surface area (Å²) >= 11 is 0. The first-order chi connectivity index (χ1) is 11.6. The number of halogens is 3. The molecule has 5 nitrogen and oxygen atoms in total. The molecule has 0 saturated heterocycles. The van der Waals surface area contributed by atoms with E-state index in [9.17, 15) is 13.2 Å². The fraction of sp³-hybridized carbons (Fsp3) is 0.353. The molecule has 25 heavy (non-hydrogen) atoms. The molecule has 2 N–H and O–H groups in total. The molecule has 0 fully saturated rings. The Bertz CT molecular complexity index is 922. The van der Waals surface area contributed by atoms with Gasteiger partial charge >= 0.3 is 6.18 Å². The Balaban J connectivity index is 2.11. The Morgan fingerprint density at radius 1 is 1.12 bits per heavy atom. The highest BCUT2D eigenvalue weighted by molar-refractivity contribution is 5.88. The minimum absolute atomic E-state index is 0.209. The maximum Gasteiger partial charge on any atom is 0.416 e. The molecular formula is C17H18F3N5.